The zero-order valence-electron chi connectivity index (χ0n) is 8.73. The molecule has 6 heteroatoms. The highest BCUT2D eigenvalue weighted by atomic mass is 16.4. The normalized spacial score (nSPS) is 11.6. The minimum atomic E-state index is -1.09. The number of carboxylic acids is 1. The third kappa shape index (κ3) is 2.96. The lowest BCUT2D eigenvalue weighted by Gasteiger charge is -2.08. The first kappa shape index (κ1) is 12.0. The fourth-order valence-corrected chi connectivity index (χ4v) is 1.11. The number of anilines is 1. The Bertz CT molecular complexity index is 389. The van der Waals surface area contributed by atoms with Crippen molar-refractivity contribution in [3.63, 3.8) is 0 Å². The third-order valence-electron chi connectivity index (χ3n) is 2.02. The first-order valence-corrected chi connectivity index (χ1v) is 4.61. The van der Waals surface area contributed by atoms with Crippen molar-refractivity contribution in [2.45, 2.75) is 6.04 Å². The van der Waals surface area contributed by atoms with Gasteiger partial charge in [0.2, 0.25) is 0 Å². The zero-order valence-corrected chi connectivity index (χ0v) is 8.73. The predicted molar refractivity (Wildman–Crippen MR) is 59.1 cm³/mol. The molecule has 1 rings (SSSR count). The molecule has 0 bridgehead atoms. The van der Waals surface area contributed by atoms with Crippen molar-refractivity contribution in [1.82, 2.24) is 5.32 Å². The Balaban J connectivity index is 2.75. The van der Waals surface area contributed by atoms with Gasteiger partial charge in [-0.25, -0.2) is 4.79 Å². The van der Waals surface area contributed by atoms with Crippen LogP contribution in [0.2, 0.25) is 0 Å². The molecular formula is C10H13N3O3. The Morgan fingerprint density at radius 2 is 1.88 bits per heavy atom. The lowest BCUT2D eigenvalue weighted by atomic mass is 10.1. The molecule has 0 aliphatic carbocycles. The SMILES string of the molecule is CNC(=O)Nc1ccc(C(N)C(=O)O)cc1. The summed E-state index contributed by atoms with van der Waals surface area (Å²) in [4.78, 5) is 21.6. The van der Waals surface area contributed by atoms with Gasteiger partial charge in [0.1, 0.15) is 6.04 Å². The lowest BCUT2D eigenvalue weighted by molar-refractivity contribution is -0.138. The molecule has 6 nitrogen and oxygen atoms in total. The van der Waals surface area contributed by atoms with E-state index in [2.05, 4.69) is 10.6 Å². The fourth-order valence-electron chi connectivity index (χ4n) is 1.11. The average molecular weight is 223 g/mol. The van der Waals surface area contributed by atoms with E-state index in [0.717, 1.165) is 0 Å². The second kappa shape index (κ2) is 5.13. The quantitative estimate of drug-likeness (QED) is 0.599. The number of carbonyl (C=O) groups excluding carboxylic acids is 1. The molecular weight excluding hydrogens is 210 g/mol. The molecule has 0 saturated carbocycles. The Morgan fingerprint density at radius 1 is 1.31 bits per heavy atom. The van der Waals surface area contributed by atoms with Crippen molar-refractivity contribution in [2.24, 2.45) is 5.73 Å². The van der Waals surface area contributed by atoms with Gasteiger partial charge in [-0.1, -0.05) is 12.1 Å². The molecule has 1 aromatic carbocycles. The van der Waals surface area contributed by atoms with Crippen LogP contribution in [0.25, 0.3) is 0 Å². The molecule has 0 fully saturated rings. The number of hydrogen-bond donors (Lipinski definition) is 4. The molecule has 0 radical (unpaired) electrons. The van der Waals surface area contributed by atoms with Crippen LogP contribution in [0.3, 0.4) is 0 Å². The van der Waals surface area contributed by atoms with E-state index in [-0.39, 0.29) is 6.03 Å². The zero-order chi connectivity index (χ0) is 12.1. The Hall–Kier alpha value is -2.08. The molecule has 0 heterocycles. The number of amides is 2. The van der Waals surface area contributed by atoms with Gasteiger partial charge in [0, 0.05) is 12.7 Å². The summed E-state index contributed by atoms with van der Waals surface area (Å²) >= 11 is 0. The molecule has 86 valence electrons. The van der Waals surface area contributed by atoms with Gasteiger partial charge < -0.3 is 21.5 Å². The first-order valence-electron chi connectivity index (χ1n) is 4.61. The molecule has 1 unspecified atom stereocenters. The summed E-state index contributed by atoms with van der Waals surface area (Å²) in [5, 5.41) is 13.6. The van der Waals surface area contributed by atoms with E-state index >= 15 is 0 Å². The van der Waals surface area contributed by atoms with E-state index in [9.17, 15) is 9.59 Å². The molecule has 16 heavy (non-hydrogen) atoms. The summed E-state index contributed by atoms with van der Waals surface area (Å²) in [5.41, 5.74) is 6.47. The third-order valence-corrected chi connectivity index (χ3v) is 2.02. The lowest BCUT2D eigenvalue weighted by Crippen LogP contribution is -2.24. The molecule has 0 aliphatic rings. The van der Waals surface area contributed by atoms with E-state index in [4.69, 9.17) is 10.8 Å². The van der Waals surface area contributed by atoms with E-state index in [1.807, 2.05) is 0 Å². The van der Waals surface area contributed by atoms with E-state index in [0.29, 0.717) is 11.3 Å². The van der Waals surface area contributed by atoms with Gasteiger partial charge in [-0.05, 0) is 17.7 Å². The number of nitrogens with two attached hydrogens (primary N) is 1. The maximum absolute atomic E-state index is 11.0. The van der Waals surface area contributed by atoms with Crippen LogP contribution in [0.1, 0.15) is 11.6 Å². The molecule has 1 atom stereocenters. The molecule has 5 N–H and O–H groups in total. The van der Waals surface area contributed by atoms with Crippen LogP contribution >= 0.6 is 0 Å². The topological polar surface area (TPSA) is 104 Å². The van der Waals surface area contributed by atoms with Gasteiger partial charge >= 0.3 is 12.0 Å². The van der Waals surface area contributed by atoms with Gasteiger partial charge in [0.25, 0.3) is 0 Å². The second-order valence-electron chi connectivity index (χ2n) is 3.14. The van der Waals surface area contributed by atoms with E-state index in [1.165, 1.54) is 7.05 Å². The minimum Gasteiger partial charge on any atom is -0.480 e. The monoisotopic (exact) mass is 223 g/mol. The molecule has 0 spiro atoms. The summed E-state index contributed by atoms with van der Waals surface area (Å²) < 4.78 is 0. The maximum atomic E-state index is 11.0. The van der Waals surface area contributed by atoms with Crippen LogP contribution in [0, 0.1) is 0 Å². The average Bonchev–Trinajstić information content (AvgIpc) is 2.28. The van der Waals surface area contributed by atoms with Crippen molar-refractivity contribution in [3.8, 4) is 0 Å². The summed E-state index contributed by atoms with van der Waals surface area (Å²) in [7, 11) is 1.50. The van der Waals surface area contributed by atoms with Gasteiger partial charge in [-0.15, -0.1) is 0 Å². The highest BCUT2D eigenvalue weighted by Gasteiger charge is 2.13. The smallest absolute Gasteiger partial charge is 0.325 e. The molecule has 0 aliphatic heterocycles. The number of benzene rings is 1. The number of urea groups is 1. The van der Waals surface area contributed by atoms with Gasteiger partial charge in [-0.2, -0.15) is 0 Å². The van der Waals surface area contributed by atoms with Crippen LogP contribution < -0.4 is 16.4 Å². The fraction of sp³-hybridized carbons (Fsp3) is 0.200. The second-order valence-corrected chi connectivity index (χ2v) is 3.14. The standard InChI is InChI=1S/C10H13N3O3/c1-12-10(16)13-7-4-2-6(3-5-7)8(11)9(14)15/h2-5,8H,11H2,1H3,(H,14,15)(H2,12,13,16). The van der Waals surface area contributed by atoms with E-state index in [1.54, 1.807) is 24.3 Å². The van der Waals surface area contributed by atoms with Crippen molar-refractivity contribution in [3.05, 3.63) is 29.8 Å². The highest BCUT2D eigenvalue weighted by molar-refractivity contribution is 5.89. The van der Waals surface area contributed by atoms with Crippen molar-refractivity contribution < 1.29 is 14.7 Å². The van der Waals surface area contributed by atoms with E-state index < -0.39 is 12.0 Å². The first-order chi connectivity index (χ1) is 7.54. The molecule has 0 saturated heterocycles. The summed E-state index contributed by atoms with van der Waals surface area (Å²) in [6, 6.07) is 4.92. The Labute approximate surface area is 92.4 Å². The number of nitrogens with one attached hydrogen (secondary N) is 2. The largest absolute Gasteiger partial charge is 0.480 e. The van der Waals surface area contributed by atoms with Crippen molar-refractivity contribution >= 4 is 17.7 Å². The summed E-state index contributed by atoms with van der Waals surface area (Å²) in [6.07, 6.45) is 0. The minimum absolute atomic E-state index is 0.338. The number of carbonyl (C=O) groups is 2. The predicted octanol–water partition coefficient (Wildman–Crippen LogP) is 0.522. The molecule has 0 aromatic heterocycles. The molecule has 2 amide bonds. The summed E-state index contributed by atoms with van der Waals surface area (Å²) in [5.74, 6) is -1.09. The van der Waals surface area contributed by atoms with Gasteiger partial charge in [0.05, 0.1) is 0 Å². The van der Waals surface area contributed by atoms with Crippen LogP contribution in [0.4, 0.5) is 10.5 Å². The highest BCUT2D eigenvalue weighted by Crippen LogP contribution is 2.14. The van der Waals surface area contributed by atoms with Crippen LogP contribution in [-0.2, 0) is 4.79 Å². The van der Waals surface area contributed by atoms with Crippen molar-refractivity contribution in [2.75, 3.05) is 12.4 Å². The van der Waals surface area contributed by atoms with Crippen molar-refractivity contribution in [1.29, 1.82) is 0 Å². The number of aliphatic carboxylic acids is 1. The maximum Gasteiger partial charge on any atom is 0.325 e. The van der Waals surface area contributed by atoms with Crippen LogP contribution in [0.15, 0.2) is 24.3 Å². The Morgan fingerprint density at radius 3 is 2.31 bits per heavy atom. The molecule has 1 aromatic rings. The van der Waals surface area contributed by atoms with Crippen LogP contribution in [0.5, 0.6) is 0 Å². The van der Waals surface area contributed by atoms with Gasteiger partial charge in [0.15, 0.2) is 0 Å². The summed E-state index contributed by atoms with van der Waals surface area (Å²) in [6.45, 7) is 0. The number of carboxylic acid groups (broad SMARTS) is 1. The van der Waals surface area contributed by atoms with Crippen LogP contribution in [-0.4, -0.2) is 24.2 Å². The number of rotatable bonds is 3. The Kier molecular flexibility index (Phi) is 3.84. The number of hydrogen-bond acceptors (Lipinski definition) is 3. The van der Waals surface area contributed by atoms with Gasteiger partial charge in [-0.3, -0.25) is 4.79 Å².